The van der Waals surface area contributed by atoms with Gasteiger partial charge in [0.2, 0.25) is 0 Å². The Bertz CT molecular complexity index is 1310. The third-order valence-corrected chi connectivity index (χ3v) is 7.20. The standard InChI is InChI=1S/C28H30ClN3O2/c1-20-7-6-9-24(27(20)29)32-17-15-31(16-18-32)14-5-4-13-30-28(33)21-11-12-26-23(19-21)22-8-2-3-10-25(22)34-26/h2-3,6-12,19H,4-5,13-18H2,1H3,(H,30,33). The first-order chi connectivity index (χ1) is 16.6. The molecule has 2 heterocycles. The lowest BCUT2D eigenvalue weighted by Crippen LogP contribution is -2.46. The molecule has 1 fully saturated rings. The van der Waals surface area contributed by atoms with E-state index in [0.717, 1.165) is 83.8 Å². The molecule has 1 N–H and O–H groups in total. The molecule has 1 saturated heterocycles. The number of amides is 1. The Morgan fingerprint density at radius 2 is 1.74 bits per heavy atom. The van der Waals surface area contributed by atoms with Gasteiger partial charge in [0.15, 0.2) is 0 Å². The molecule has 0 bridgehead atoms. The van der Waals surface area contributed by atoms with Gasteiger partial charge in [-0.1, -0.05) is 41.9 Å². The van der Waals surface area contributed by atoms with Crippen LogP contribution in [0.1, 0.15) is 28.8 Å². The number of rotatable bonds is 7. The molecule has 5 rings (SSSR count). The highest BCUT2D eigenvalue weighted by Gasteiger charge is 2.19. The number of para-hydroxylation sites is 1. The van der Waals surface area contributed by atoms with Crippen LogP contribution in [0.25, 0.3) is 21.9 Å². The molecule has 0 atom stereocenters. The summed E-state index contributed by atoms with van der Waals surface area (Å²) in [5, 5.41) is 5.96. The van der Waals surface area contributed by atoms with E-state index in [-0.39, 0.29) is 5.91 Å². The molecule has 3 aromatic carbocycles. The van der Waals surface area contributed by atoms with Crippen molar-refractivity contribution in [2.75, 3.05) is 44.2 Å². The van der Waals surface area contributed by atoms with Crippen LogP contribution < -0.4 is 10.2 Å². The molecule has 176 valence electrons. The fraction of sp³-hybridized carbons (Fsp3) is 0.321. The van der Waals surface area contributed by atoms with Crippen molar-refractivity contribution in [3.8, 4) is 0 Å². The van der Waals surface area contributed by atoms with Crippen molar-refractivity contribution in [2.24, 2.45) is 0 Å². The topological polar surface area (TPSA) is 48.7 Å². The number of unbranched alkanes of at least 4 members (excludes halogenated alkanes) is 1. The summed E-state index contributed by atoms with van der Waals surface area (Å²) in [4.78, 5) is 17.5. The van der Waals surface area contributed by atoms with Gasteiger partial charge in [-0.3, -0.25) is 9.69 Å². The number of nitrogens with one attached hydrogen (secondary N) is 1. The van der Waals surface area contributed by atoms with Crippen molar-refractivity contribution in [1.82, 2.24) is 10.2 Å². The Hall–Kier alpha value is -3.02. The number of benzene rings is 3. The molecule has 34 heavy (non-hydrogen) atoms. The van der Waals surface area contributed by atoms with Crippen LogP contribution in [0.5, 0.6) is 0 Å². The van der Waals surface area contributed by atoms with E-state index in [9.17, 15) is 4.79 Å². The number of anilines is 1. The minimum Gasteiger partial charge on any atom is -0.456 e. The lowest BCUT2D eigenvalue weighted by atomic mass is 10.1. The van der Waals surface area contributed by atoms with E-state index in [4.69, 9.17) is 16.0 Å². The van der Waals surface area contributed by atoms with Crippen LogP contribution in [0, 0.1) is 6.92 Å². The fourth-order valence-corrected chi connectivity index (χ4v) is 4.97. The summed E-state index contributed by atoms with van der Waals surface area (Å²) in [5.74, 6) is -0.0316. The monoisotopic (exact) mass is 475 g/mol. The van der Waals surface area contributed by atoms with Gasteiger partial charge in [0.25, 0.3) is 5.91 Å². The predicted octanol–water partition coefficient (Wildman–Crippen LogP) is 5.88. The van der Waals surface area contributed by atoms with Crippen LogP contribution in [0.4, 0.5) is 5.69 Å². The number of nitrogens with zero attached hydrogens (tertiary/aromatic N) is 2. The fourth-order valence-electron chi connectivity index (χ4n) is 4.72. The van der Waals surface area contributed by atoms with Gasteiger partial charge in [0, 0.05) is 49.1 Å². The van der Waals surface area contributed by atoms with Crippen LogP contribution in [0.2, 0.25) is 5.02 Å². The maximum atomic E-state index is 12.7. The molecule has 4 aromatic rings. The second-order valence-electron chi connectivity index (χ2n) is 9.01. The van der Waals surface area contributed by atoms with Gasteiger partial charge in [0.1, 0.15) is 11.2 Å². The van der Waals surface area contributed by atoms with E-state index in [2.05, 4.69) is 40.2 Å². The minimum atomic E-state index is -0.0316. The van der Waals surface area contributed by atoms with Crippen molar-refractivity contribution >= 4 is 45.1 Å². The molecular formula is C28H30ClN3O2. The largest absolute Gasteiger partial charge is 0.456 e. The molecule has 0 spiro atoms. The molecule has 6 heteroatoms. The summed E-state index contributed by atoms with van der Waals surface area (Å²) in [6, 6.07) is 19.8. The Labute approximate surface area is 205 Å². The Balaban J connectivity index is 1.06. The van der Waals surface area contributed by atoms with E-state index in [1.807, 2.05) is 42.5 Å². The smallest absolute Gasteiger partial charge is 0.251 e. The van der Waals surface area contributed by atoms with Crippen molar-refractivity contribution in [1.29, 1.82) is 0 Å². The SMILES string of the molecule is Cc1cccc(N2CCN(CCCCNC(=O)c3ccc4oc5ccccc5c4c3)CC2)c1Cl. The van der Waals surface area contributed by atoms with Gasteiger partial charge >= 0.3 is 0 Å². The molecule has 0 aliphatic carbocycles. The zero-order valence-corrected chi connectivity index (χ0v) is 20.3. The Morgan fingerprint density at radius 1 is 0.941 bits per heavy atom. The second kappa shape index (κ2) is 10.1. The van der Waals surface area contributed by atoms with Gasteiger partial charge in [-0.05, 0) is 62.2 Å². The third-order valence-electron chi connectivity index (χ3n) is 6.71. The molecular weight excluding hydrogens is 446 g/mol. The Kier molecular flexibility index (Phi) is 6.75. The van der Waals surface area contributed by atoms with E-state index in [0.29, 0.717) is 12.1 Å². The normalized spacial score (nSPS) is 14.7. The number of hydrogen-bond acceptors (Lipinski definition) is 4. The number of furan rings is 1. The zero-order chi connectivity index (χ0) is 23.5. The summed E-state index contributed by atoms with van der Waals surface area (Å²) >= 11 is 6.51. The first-order valence-electron chi connectivity index (χ1n) is 12.0. The average molecular weight is 476 g/mol. The quantitative estimate of drug-likeness (QED) is 0.339. The number of aryl methyl sites for hydroxylation is 1. The van der Waals surface area contributed by atoms with Gasteiger partial charge in [-0.2, -0.15) is 0 Å². The Morgan fingerprint density at radius 3 is 2.59 bits per heavy atom. The van der Waals surface area contributed by atoms with Gasteiger partial charge < -0.3 is 14.6 Å². The summed E-state index contributed by atoms with van der Waals surface area (Å²) in [6.07, 6.45) is 2.03. The summed E-state index contributed by atoms with van der Waals surface area (Å²) in [5.41, 5.74) is 4.60. The number of halogens is 1. The highest BCUT2D eigenvalue weighted by atomic mass is 35.5. The third kappa shape index (κ3) is 4.77. The highest BCUT2D eigenvalue weighted by Crippen LogP contribution is 2.30. The van der Waals surface area contributed by atoms with E-state index >= 15 is 0 Å². The summed E-state index contributed by atoms with van der Waals surface area (Å²) in [7, 11) is 0. The lowest BCUT2D eigenvalue weighted by Gasteiger charge is -2.36. The van der Waals surface area contributed by atoms with Crippen LogP contribution >= 0.6 is 11.6 Å². The van der Waals surface area contributed by atoms with Crippen LogP contribution in [0.3, 0.4) is 0 Å². The van der Waals surface area contributed by atoms with Gasteiger partial charge in [0.05, 0.1) is 10.7 Å². The van der Waals surface area contributed by atoms with E-state index in [1.54, 1.807) is 0 Å². The van der Waals surface area contributed by atoms with Crippen LogP contribution in [-0.2, 0) is 0 Å². The molecule has 5 nitrogen and oxygen atoms in total. The molecule has 0 radical (unpaired) electrons. The molecule has 0 unspecified atom stereocenters. The van der Waals surface area contributed by atoms with Crippen molar-refractivity contribution in [3.63, 3.8) is 0 Å². The first-order valence-corrected chi connectivity index (χ1v) is 12.4. The van der Waals surface area contributed by atoms with Gasteiger partial charge in [-0.25, -0.2) is 0 Å². The second-order valence-corrected chi connectivity index (χ2v) is 9.39. The van der Waals surface area contributed by atoms with Crippen LogP contribution in [-0.4, -0.2) is 50.1 Å². The first kappa shape index (κ1) is 22.8. The number of piperazine rings is 1. The molecule has 1 aliphatic rings. The van der Waals surface area contributed by atoms with E-state index < -0.39 is 0 Å². The number of carbonyl (C=O) groups excluding carboxylic acids is 1. The number of hydrogen-bond donors (Lipinski definition) is 1. The number of fused-ring (bicyclic) bond motifs is 3. The average Bonchev–Trinajstić information content (AvgIpc) is 3.24. The van der Waals surface area contributed by atoms with Crippen molar-refractivity contribution < 1.29 is 9.21 Å². The highest BCUT2D eigenvalue weighted by molar-refractivity contribution is 6.34. The molecule has 0 saturated carbocycles. The molecule has 1 aromatic heterocycles. The molecule has 1 aliphatic heterocycles. The van der Waals surface area contributed by atoms with Crippen LogP contribution in [0.15, 0.2) is 65.1 Å². The van der Waals surface area contributed by atoms with Crippen molar-refractivity contribution in [2.45, 2.75) is 19.8 Å². The van der Waals surface area contributed by atoms with Gasteiger partial charge in [-0.15, -0.1) is 0 Å². The predicted molar refractivity (Wildman–Crippen MR) is 140 cm³/mol. The minimum absolute atomic E-state index is 0.0316. The van der Waals surface area contributed by atoms with E-state index in [1.165, 1.54) is 0 Å². The lowest BCUT2D eigenvalue weighted by molar-refractivity contribution is 0.0952. The zero-order valence-electron chi connectivity index (χ0n) is 19.5. The maximum Gasteiger partial charge on any atom is 0.251 e. The summed E-state index contributed by atoms with van der Waals surface area (Å²) < 4.78 is 5.85. The number of carbonyl (C=O) groups is 1. The maximum absolute atomic E-state index is 12.7. The molecule has 1 amide bonds. The van der Waals surface area contributed by atoms with Crippen molar-refractivity contribution in [3.05, 3.63) is 76.8 Å². The summed E-state index contributed by atoms with van der Waals surface area (Å²) in [6.45, 7) is 7.85.